The van der Waals surface area contributed by atoms with Gasteiger partial charge in [-0.15, -0.1) is 11.3 Å². The van der Waals surface area contributed by atoms with E-state index in [2.05, 4.69) is 0 Å². The molecule has 0 bridgehead atoms. The van der Waals surface area contributed by atoms with E-state index in [1.807, 2.05) is 23.6 Å². The van der Waals surface area contributed by atoms with Gasteiger partial charge in [0.15, 0.2) is 11.4 Å². The number of ketones is 1. The average Bonchev–Trinajstić information content (AvgIpc) is 3.30. The number of aliphatic hydroxyl groups is 1. The maximum absolute atomic E-state index is 13.2. The number of thiophene rings is 1. The molecular weight excluding hydrogens is 374 g/mol. The van der Waals surface area contributed by atoms with E-state index in [1.165, 1.54) is 7.11 Å². The Morgan fingerprint density at radius 3 is 2.61 bits per heavy atom. The minimum atomic E-state index is -1.90. The van der Waals surface area contributed by atoms with Crippen molar-refractivity contribution in [3.05, 3.63) is 82.0 Å². The first-order valence-corrected chi connectivity index (χ1v) is 9.75. The zero-order valence-electron chi connectivity index (χ0n) is 15.3. The molecule has 0 unspecified atom stereocenters. The molecule has 1 N–H and O–H groups in total. The maximum Gasteiger partial charge on any atom is 0.264 e. The molecule has 0 spiro atoms. The molecule has 1 amide bonds. The van der Waals surface area contributed by atoms with E-state index >= 15 is 0 Å². The third-order valence-electron chi connectivity index (χ3n) is 4.96. The number of amides is 1. The molecule has 1 aromatic heterocycles. The van der Waals surface area contributed by atoms with Crippen molar-refractivity contribution in [1.29, 1.82) is 0 Å². The predicted molar refractivity (Wildman–Crippen MR) is 108 cm³/mol. The lowest BCUT2D eigenvalue weighted by Crippen LogP contribution is -2.41. The van der Waals surface area contributed by atoms with Gasteiger partial charge in [0.25, 0.3) is 5.91 Å². The molecule has 0 saturated heterocycles. The summed E-state index contributed by atoms with van der Waals surface area (Å²) in [6.07, 6.45) is -0.343. The Kier molecular flexibility index (Phi) is 4.75. The van der Waals surface area contributed by atoms with Crippen LogP contribution in [0.25, 0.3) is 0 Å². The van der Waals surface area contributed by atoms with Crippen molar-refractivity contribution in [3.8, 4) is 5.75 Å². The fourth-order valence-electron chi connectivity index (χ4n) is 3.60. The Morgan fingerprint density at radius 2 is 1.86 bits per heavy atom. The monoisotopic (exact) mass is 393 g/mol. The molecule has 2 heterocycles. The number of hydrogen-bond donors (Lipinski definition) is 1. The molecule has 5 nitrogen and oxygen atoms in total. The van der Waals surface area contributed by atoms with Crippen molar-refractivity contribution < 1.29 is 19.4 Å². The maximum atomic E-state index is 13.2. The molecule has 3 aromatic rings. The topological polar surface area (TPSA) is 66.8 Å². The van der Waals surface area contributed by atoms with E-state index in [-0.39, 0.29) is 12.2 Å². The molecule has 2 aromatic carbocycles. The number of carbonyl (C=O) groups excluding carboxylic acids is 2. The van der Waals surface area contributed by atoms with Crippen LogP contribution in [0.15, 0.2) is 66.0 Å². The highest BCUT2D eigenvalue weighted by Crippen LogP contribution is 2.44. The Bertz CT molecular complexity index is 1030. The Labute approximate surface area is 166 Å². The van der Waals surface area contributed by atoms with Crippen LogP contribution >= 0.6 is 11.3 Å². The molecule has 142 valence electrons. The zero-order chi connectivity index (χ0) is 19.7. The summed E-state index contributed by atoms with van der Waals surface area (Å²) in [4.78, 5) is 28.7. The van der Waals surface area contributed by atoms with Gasteiger partial charge in [-0.25, -0.2) is 0 Å². The molecule has 6 heteroatoms. The van der Waals surface area contributed by atoms with Gasteiger partial charge in [-0.3, -0.25) is 9.59 Å². The molecule has 4 rings (SSSR count). The van der Waals surface area contributed by atoms with E-state index in [0.717, 1.165) is 4.88 Å². The summed E-state index contributed by atoms with van der Waals surface area (Å²) in [6.45, 7) is 0.360. The third-order valence-corrected chi connectivity index (χ3v) is 5.82. The number of fused-ring (bicyclic) bond motifs is 1. The van der Waals surface area contributed by atoms with Crippen molar-refractivity contribution in [2.45, 2.75) is 18.6 Å². The van der Waals surface area contributed by atoms with Crippen molar-refractivity contribution in [1.82, 2.24) is 0 Å². The van der Waals surface area contributed by atoms with Crippen molar-refractivity contribution in [2.24, 2.45) is 0 Å². The fraction of sp³-hybridized carbons (Fsp3) is 0.182. The minimum absolute atomic E-state index is 0.343. The lowest BCUT2D eigenvalue weighted by atomic mass is 9.88. The molecular formula is C22H19NO4S. The molecule has 1 aliphatic heterocycles. The van der Waals surface area contributed by atoms with Crippen molar-refractivity contribution >= 4 is 28.7 Å². The predicted octanol–water partition coefficient (Wildman–Crippen LogP) is 3.76. The van der Waals surface area contributed by atoms with Crippen molar-refractivity contribution in [3.63, 3.8) is 0 Å². The summed E-state index contributed by atoms with van der Waals surface area (Å²) in [5.41, 5.74) is -0.456. The van der Waals surface area contributed by atoms with E-state index in [4.69, 9.17) is 4.74 Å². The molecule has 0 radical (unpaired) electrons. The van der Waals surface area contributed by atoms with Crippen LogP contribution in [0.4, 0.5) is 5.69 Å². The van der Waals surface area contributed by atoms with Gasteiger partial charge in [0, 0.05) is 10.4 Å². The number of carbonyl (C=O) groups is 2. The Balaban J connectivity index is 1.70. The number of rotatable bonds is 6. The SMILES string of the molecule is COc1ccccc1C(=O)C[C@]1(O)C(=O)N(Cc2cccs2)c2ccccc21. The number of anilines is 1. The Morgan fingerprint density at radius 1 is 1.11 bits per heavy atom. The van der Waals surface area contributed by atoms with Crippen molar-refractivity contribution in [2.75, 3.05) is 12.0 Å². The summed E-state index contributed by atoms with van der Waals surface area (Å²) < 4.78 is 5.25. The second kappa shape index (κ2) is 7.22. The first-order chi connectivity index (χ1) is 13.5. The smallest absolute Gasteiger partial charge is 0.264 e. The lowest BCUT2D eigenvalue weighted by molar-refractivity contribution is -0.136. The van der Waals surface area contributed by atoms with Crippen LogP contribution in [0.3, 0.4) is 0 Å². The first kappa shape index (κ1) is 18.4. The van der Waals surface area contributed by atoms with Crippen LogP contribution in [0.1, 0.15) is 27.2 Å². The molecule has 1 aliphatic rings. The van der Waals surface area contributed by atoms with Crippen LogP contribution in [0.5, 0.6) is 5.75 Å². The quantitative estimate of drug-likeness (QED) is 0.648. The number of methoxy groups -OCH3 is 1. The zero-order valence-corrected chi connectivity index (χ0v) is 16.1. The van der Waals surface area contributed by atoms with Gasteiger partial charge in [0.05, 0.1) is 31.3 Å². The standard InChI is InChI=1S/C22H19NO4S/c1-27-20-11-5-2-8-16(20)19(24)13-22(26)17-9-3-4-10-18(17)23(21(22)25)14-15-7-6-12-28-15/h2-12,26H,13-14H2,1H3/t22-/m1/s1. The molecule has 0 saturated carbocycles. The highest BCUT2D eigenvalue weighted by molar-refractivity contribution is 7.09. The number of benzene rings is 2. The molecule has 28 heavy (non-hydrogen) atoms. The summed E-state index contributed by atoms with van der Waals surface area (Å²) in [6, 6.07) is 17.8. The number of para-hydroxylation sites is 2. The van der Waals surface area contributed by atoms with Crippen LogP contribution in [-0.4, -0.2) is 23.9 Å². The normalized spacial score (nSPS) is 18.2. The fourth-order valence-corrected chi connectivity index (χ4v) is 4.29. The van der Waals surface area contributed by atoms with Gasteiger partial charge in [-0.1, -0.05) is 36.4 Å². The second-order valence-electron chi connectivity index (χ2n) is 6.65. The van der Waals surface area contributed by atoms with E-state index < -0.39 is 11.5 Å². The number of ether oxygens (including phenoxy) is 1. The van der Waals surface area contributed by atoms with Gasteiger partial charge in [0.1, 0.15) is 5.75 Å². The van der Waals surface area contributed by atoms with Crippen LogP contribution in [0.2, 0.25) is 0 Å². The largest absolute Gasteiger partial charge is 0.496 e. The lowest BCUT2D eigenvalue weighted by Gasteiger charge is -2.23. The summed E-state index contributed by atoms with van der Waals surface area (Å²) in [5.74, 6) is -0.406. The summed E-state index contributed by atoms with van der Waals surface area (Å²) in [7, 11) is 1.49. The van der Waals surface area contributed by atoms with E-state index in [9.17, 15) is 14.7 Å². The number of hydrogen-bond acceptors (Lipinski definition) is 5. The number of nitrogens with zero attached hydrogens (tertiary/aromatic N) is 1. The van der Waals surface area contributed by atoms with Gasteiger partial charge in [-0.05, 0) is 29.6 Å². The van der Waals surface area contributed by atoms with Gasteiger partial charge < -0.3 is 14.7 Å². The summed E-state index contributed by atoms with van der Waals surface area (Å²) >= 11 is 1.54. The van der Waals surface area contributed by atoms with Gasteiger partial charge in [-0.2, -0.15) is 0 Å². The molecule has 0 fully saturated rings. The summed E-state index contributed by atoms with van der Waals surface area (Å²) in [5, 5.41) is 13.3. The second-order valence-corrected chi connectivity index (χ2v) is 7.68. The highest BCUT2D eigenvalue weighted by Gasteiger charge is 2.51. The first-order valence-electron chi connectivity index (χ1n) is 8.87. The highest BCUT2D eigenvalue weighted by atomic mass is 32.1. The van der Waals surface area contributed by atoms with E-state index in [1.54, 1.807) is 58.7 Å². The Hall–Kier alpha value is -2.96. The average molecular weight is 393 g/mol. The number of Topliss-reactive ketones (excluding diaryl/α,β-unsaturated/α-hetero) is 1. The van der Waals surface area contributed by atoms with Crippen LogP contribution in [0, 0.1) is 0 Å². The molecule has 1 atom stereocenters. The van der Waals surface area contributed by atoms with Gasteiger partial charge in [0.2, 0.25) is 0 Å². The minimum Gasteiger partial charge on any atom is -0.496 e. The molecule has 0 aliphatic carbocycles. The van der Waals surface area contributed by atoms with Crippen LogP contribution in [-0.2, 0) is 16.9 Å². The van der Waals surface area contributed by atoms with Crippen LogP contribution < -0.4 is 9.64 Å². The van der Waals surface area contributed by atoms with E-state index in [0.29, 0.717) is 29.1 Å². The third kappa shape index (κ3) is 3.00. The van der Waals surface area contributed by atoms with Gasteiger partial charge >= 0.3 is 0 Å².